The number of quaternary nitrogens is 1. The van der Waals surface area contributed by atoms with Crippen LogP contribution in [0.5, 0.6) is 5.75 Å². The molecule has 0 radical (unpaired) electrons. The highest BCUT2D eigenvalue weighted by Gasteiger charge is 2.19. The van der Waals surface area contributed by atoms with Gasteiger partial charge in [0.05, 0.1) is 6.61 Å². The van der Waals surface area contributed by atoms with Crippen molar-refractivity contribution >= 4 is 46.1 Å². The van der Waals surface area contributed by atoms with E-state index in [0.29, 0.717) is 6.61 Å². The topological polar surface area (TPSA) is 69.5 Å². The molecule has 7 heteroatoms. The molecule has 7 nitrogen and oxygen atoms in total. The van der Waals surface area contributed by atoms with Gasteiger partial charge < -0.3 is 19.1 Å². The number of benzene rings is 7. The van der Waals surface area contributed by atoms with Gasteiger partial charge in [0.2, 0.25) is 0 Å². The average Bonchev–Trinajstić information content (AvgIpc) is 3.32. The van der Waals surface area contributed by atoms with E-state index in [1.165, 1.54) is 34.4 Å². The van der Waals surface area contributed by atoms with Crippen molar-refractivity contribution < 1.29 is 28.7 Å². The first-order valence-electron chi connectivity index (χ1n) is 20.9. The van der Waals surface area contributed by atoms with Crippen LogP contribution in [0, 0.1) is 0 Å². The standard InChI is InChI=1S/C55H50N2O5/c1-4-36-60-53-34-32-52(33-35-53)57(51-30-22-46(23-31-51)40-62-55(59)6-3)49-26-18-44(19-27-49)38-42-14-12-41(13-15-42)37-43-16-24-48(25-17-43)56(47-10-8-7-9-11-47)50-28-20-45(21-29-50)39-61-54(58)5-2/h5-35H,2-4,36-40H2,1H3/p+1. The molecule has 0 bridgehead atoms. The van der Waals surface area contributed by atoms with E-state index in [-0.39, 0.29) is 13.2 Å². The van der Waals surface area contributed by atoms with Crippen LogP contribution >= 0.6 is 0 Å². The number of carbonyl (C=O) groups excluding carboxylic acids is 2. The Morgan fingerprint density at radius 2 is 0.839 bits per heavy atom. The summed E-state index contributed by atoms with van der Waals surface area (Å²) in [5.74, 6) is -0.0372. The lowest BCUT2D eigenvalue weighted by Crippen LogP contribution is -2.96. The normalized spacial score (nSPS) is 11.2. The zero-order valence-corrected chi connectivity index (χ0v) is 35.0. The van der Waals surface area contributed by atoms with Crippen LogP contribution in [0.25, 0.3) is 0 Å². The van der Waals surface area contributed by atoms with Crippen LogP contribution < -0.4 is 14.5 Å². The number of hydrogen-bond acceptors (Lipinski definition) is 6. The molecule has 0 saturated heterocycles. The summed E-state index contributed by atoms with van der Waals surface area (Å²) in [4.78, 5) is 26.5. The summed E-state index contributed by atoms with van der Waals surface area (Å²) in [6.07, 6.45) is 4.94. The number of ether oxygens (including phenoxy) is 3. The van der Waals surface area contributed by atoms with Crippen LogP contribution in [-0.2, 0) is 45.1 Å². The molecule has 0 spiro atoms. The number of nitrogens with zero attached hydrogens (tertiary/aromatic N) is 1. The summed E-state index contributed by atoms with van der Waals surface area (Å²) in [6.45, 7) is 10.1. The van der Waals surface area contributed by atoms with E-state index in [9.17, 15) is 9.59 Å². The van der Waals surface area contributed by atoms with Crippen LogP contribution in [0.15, 0.2) is 201 Å². The minimum absolute atomic E-state index is 0.185. The molecule has 1 unspecified atom stereocenters. The number of esters is 2. The van der Waals surface area contributed by atoms with Gasteiger partial charge in [-0.25, -0.2) is 14.5 Å². The van der Waals surface area contributed by atoms with Gasteiger partial charge in [-0.15, -0.1) is 0 Å². The summed E-state index contributed by atoms with van der Waals surface area (Å²) in [7, 11) is 0. The Morgan fingerprint density at radius 3 is 1.26 bits per heavy atom. The van der Waals surface area contributed by atoms with Crippen LogP contribution in [0.3, 0.4) is 0 Å². The van der Waals surface area contributed by atoms with Crippen LogP contribution in [0.2, 0.25) is 0 Å². The highest BCUT2D eigenvalue weighted by Crippen LogP contribution is 2.36. The Kier molecular flexibility index (Phi) is 14.6. The number of anilines is 3. The molecule has 0 aliphatic rings. The molecule has 0 heterocycles. The molecule has 1 N–H and O–H groups in total. The second-order valence-electron chi connectivity index (χ2n) is 14.9. The predicted molar refractivity (Wildman–Crippen MR) is 248 cm³/mol. The molecule has 62 heavy (non-hydrogen) atoms. The highest BCUT2D eigenvalue weighted by atomic mass is 16.5. The predicted octanol–water partition coefficient (Wildman–Crippen LogP) is 11.8. The van der Waals surface area contributed by atoms with Crippen molar-refractivity contribution in [1.29, 1.82) is 0 Å². The Labute approximate surface area is 364 Å². The van der Waals surface area contributed by atoms with E-state index < -0.39 is 11.9 Å². The van der Waals surface area contributed by atoms with E-state index in [1.807, 2.05) is 54.6 Å². The molecular formula is C55H51N2O5+. The van der Waals surface area contributed by atoms with Gasteiger partial charge in [-0.2, -0.15) is 0 Å². The SMILES string of the molecule is C=CC(=O)OCc1ccc(N(c2ccc(Cc3ccc(Cc4ccc([NH+](c5ccccc5)c5ccc(COC(=O)C=C)cc5)cc4)cc3)cc2)c2ccc(OCCC)cc2)cc1. The van der Waals surface area contributed by atoms with E-state index in [0.717, 1.165) is 75.2 Å². The third-order valence-electron chi connectivity index (χ3n) is 10.4. The maximum Gasteiger partial charge on any atom is 0.330 e. The van der Waals surface area contributed by atoms with Gasteiger partial charge in [0, 0.05) is 53.5 Å². The minimum atomic E-state index is -0.444. The summed E-state index contributed by atoms with van der Waals surface area (Å²) < 4.78 is 16.3. The van der Waals surface area contributed by atoms with Crippen molar-refractivity contribution in [2.24, 2.45) is 0 Å². The first kappa shape index (κ1) is 42.6. The molecule has 0 amide bonds. The summed E-state index contributed by atoms with van der Waals surface area (Å²) in [5.41, 5.74) is 13.1. The lowest BCUT2D eigenvalue weighted by molar-refractivity contribution is -0.681. The molecular weight excluding hydrogens is 769 g/mol. The molecule has 7 rings (SSSR count). The second-order valence-corrected chi connectivity index (χ2v) is 14.9. The number of carbonyl (C=O) groups is 2. The van der Waals surface area contributed by atoms with Gasteiger partial charge in [0.25, 0.3) is 0 Å². The van der Waals surface area contributed by atoms with Crippen LogP contribution in [0.4, 0.5) is 34.1 Å². The van der Waals surface area contributed by atoms with Gasteiger partial charge in [0.15, 0.2) is 0 Å². The maximum absolute atomic E-state index is 11.6. The first-order chi connectivity index (χ1) is 30.4. The molecule has 7 aromatic rings. The summed E-state index contributed by atoms with van der Waals surface area (Å²) in [5, 5.41) is 0. The molecule has 1 atom stereocenters. The van der Waals surface area contributed by atoms with Gasteiger partial charge >= 0.3 is 11.9 Å². The van der Waals surface area contributed by atoms with E-state index in [2.05, 4.69) is 146 Å². The summed E-state index contributed by atoms with van der Waals surface area (Å²) in [6, 6.07) is 61.2. The Hall–Kier alpha value is -7.48. The largest absolute Gasteiger partial charge is 0.494 e. The number of hydrogen-bond donors (Lipinski definition) is 1. The van der Waals surface area contributed by atoms with Crippen molar-refractivity contribution in [1.82, 2.24) is 0 Å². The minimum Gasteiger partial charge on any atom is -0.494 e. The van der Waals surface area contributed by atoms with Gasteiger partial charge in [-0.1, -0.05) is 98.9 Å². The van der Waals surface area contributed by atoms with Crippen molar-refractivity contribution in [3.05, 3.63) is 235 Å². The van der Waals surface area contributed by atoms with Crippen molar-refractivity contribution in [2.75, 3.05) is 11.5 Å². The highest BCUT2D eigenvalue weighted by molar-refractivity contribution is 5.81. The third kappa shape index (κ3) is 11.4. The first-order valence-corrected chi connectivity index (χ1v) is 20.9. The smallest absolute Gasteiger partial charge is 0.330 e. The van der Waals surface area contributed by atoms with E-state index in [1.54, 1.807) is 0 Å². The van der Waals surface area contributed by atoms with E-state index >= 15 is 0 Å². The average molecular weight is 820 g/mol. The maximum atomic E-state index is 11.6. The second kappa shape index (κ2) is 21.2. The number of rotatable bonds is 19. The van der Waals surface area contributed by atoms with Crippen LogP contribution in [0.1, 0.15) is 46.7 Å². The zero-order chi connectivity index (χ0) is 43.1. The molecule has 0 aliphatic heterocycles. The number of nitrogens with one attached hydrogen (secondary N) is 1. The molecule has 7 aromatic carbocycles. The lowest BCUT2D eigenvalue weighted by Gasteiger charge is -2.26. The van der Waals surface area contributed by atoms with Gasteiger partial charge in [-0.05, 0) is 125 Å². The fourth-order valence-corrected chi connectivity index (χ4v) is 7.20. The van der Waals surface area contributed by atoms with Gasteiger partial charge in [-0.3, -0.25) is 0 Å². The fraction of sp³-hybridized carbons (Fsp3) is 0.127. The Bertz CT molecular complexity index is 2530. The molecule has 0 fully saturated rings. The molecule has 0 aliphatic carbocycles. The molecule has 0 saturated carbocycles. The fourth-order valence-electron chi connectivity index (χ4n) is 7.20. The molecule has 0 aromatic heterocycles. The van der Waals surface area contributed by atoms with Crippen molar-refractivity contribution in [2.45, 2.75) is 39.4 Å². The monoisotopic (exact) mass is 819 g/mol. The molecule has 310 valence electrons. The Morgan fingerprint density at radius 1 is 0.484 bits per heavy atom. The van der Waals surface area contributed by atoms with Crippen molar-refractivity contribution in [3.8, 4) is 5.75 Å². The quantitative estimate of drug-likeness (QED) is 0.0647. The van der Waals surface area contributed by atoms with Crippen LogP contribution in [-0.4, -0.2) is 18.5 Å². The summed E-state index contributed by atoms with van der Waals surface area (Å²) >= 11 is 0. The Balaban J connectivity index is 1.02. The zero-order valence-electron chi connectivity index (χ0n) is 35.0. The number of para-hydroxylation sites is 1. The van der Waals surface area contributed by atoms with Gasteiger partial charge in [0.1, 0.15) is 36.0 Å². The third-order valence-corrected chi connectivity index (χ3v) is 10.4. The lowest BCUT2D eigenvalue weighted by atomic mass is 10.00. The van der Waals surface area contributed by atoms with E-state index in [4.69, 9.17) is 14.2 Å². The van der Waals surface area contributed by atoms with Crippen molar-refractivity contribution in [3.63, 3.8) is 0 Å².